The van der Waals surface area contributed by atoms with E-state index in [0.717, 1.165) is 5.56 Å². The molecule has 0 fully saturated rings. The molecule has 0 saturated heterocycles. The monoisotopic (exact) mass is 284 g/mol. The van der Waals surface area contributed by atoms with Crippen LogP contribution < -0.4 is 4.74 Å². The van der Waals surface area contributed by atoms with Crippen LogP contribution in [0.4, 0.5) is 0 Å². The van der Waals surface area contributed by atoms with Crippen molar-refractivity contribution in [2.45, 2.75) is 31.4 Å². The van der Waals surface area contributed by atoms with E-state index in [2.05, 4.69) is 6.58 Å². The van der Waals surface area contributed by atoms with E-state index in [1.54, 1.807) is 18.2 Å². The highest BCUT2D eigenvalue weighted by Gasteiger charge is 2.27. The Morgan fingerprint density at radius 3 is 2.63 bits per heavy atom. The second-order valence-corrected chi connectivity index (χ2v) is 5.96. The second kappa shape index (κ2) is 6.73. The van der Waals surface area contributed by atoms with Crippen molar-refractivity contribution in [1.29, 1.82) is 0 Å². The van der Waals surface area contributed by atoms with Crippen LogP contribution in [-0.2, 0) is 16.5 Å². The van der Waals surface area contributed by atoms with Gasteiger partial charge in [0.2, 0.25) is 0 Å². The van der Waals surface area contributed by atoms with Gasteiger partial charge in [0.15, 0.2) is 0 Å². The summed E-state index contributed by atoms with van der Waals surface area (Å²) in [7, 11) is -2.65. The molecule has 0 spiro atoms. The Hall–Kier alpha value is -1.33. The van der Waals surface area contributed by atoms with Crippen molar-refractivity contribution >= 4 is 10.1 Å². The summed E-state index contributed by atoms with van der Waals surface area (Å²) in [6, 6.07) is 5.31. The Labute approximate surface area is 114 Å². The van der Waals surface area contributed by atoms with Crippen LogP contribution in [0.2, 0.25) is 0 Å². The first-order valence-electron chi connectivity index (χ1n) is 6.18. The first kappa shape index (κ1) is 15.7. The zero-order chi connectivity index (χ0) is 14.5. The summed E-state index contributed by atoms with van der Waals surface area (Å²) in [6.45, 7) is 5.53. The first-order valence-corrected chi connectivity index (χ1v) is 7.68. The third kappa shape index (κ3) is 4.08. The fourth-order valence-electron chi connectivity index (χ4n) is 2.04. The van der Waals surface area contributed by atoms with Gasteiger partial charge in [-0.25, -0.2) is 0 Å². The fraction of sp³-hybridized carbons (Fsp3) is 0.429. The molecule has 1 rings (SSSR count). The van der Waals surface area contributed by atoms with Crippen LogP contribution in [0.25, 0.3) is 0 Å². The maximum Gasteiger partial charge on any atom is 0.272 e. The molecule has 0 amide bonds. The zero-order valence-electron chi connectivity index (χ0n) is 11.3. The number of hydrogen-bond acceptors (Lipinski definition) is 3. The third-order valence-electron chi connectivity index (χ3n) is 2.94. The largest absolute Gasteiger partial charge is 0.496 e. The number of ether oxygens (including phenoxy) is 1. The van der Waals surface area contributed by atoms with E-state index in [4.69, 9.17) is 4.74 Å². The standard InChI is InChI=1S/C14H20O4S/c1-4-6-11-8-9-12(13(10-11)18-3)14(7-5-2)19(15,16)17/h4,8-10,14H,1,5-7H2,2-3H3,(H,15,16,17). The van der Waals surface area contributed by atoms with Gasteiger partial charge in [0.05, 0.1) is 7.11 Å². The maximum absolute atomic E-state index is 11.5. The Bertz CT molecular complexity index is 534. The molecule has 106 valence electrons. The Morgan fingerprint density at radius 2 is 2.16 bits per heavy atom. The molecule has 0 aliphatic carbocycles. The van der Waals surface area contributed by atoms with Crippen LogP contribution in [0.3, 0.4) is 0 Å². The van der Waals surface area contributed by atoms with Gasteiger partial charge in [-0.1, -0.05) is 31.6 Å². The predicted octanol–water partition coefficient (Wildman–Crippen LogP) is 3.15. The minimum absolute atomic E-state index is 0.357. The van der Waals surface area contributed by atoms with Crippen molar-refractivity contribution in [3.05, 3.63) is 42.0 Å². The van der Waals surface area contributed by atoms with E-state index < -0.39 is 15.4 Å². The fourth-order valence-corrected chi connectivity index (χ4v) is 3.09. The molecule has 1 unspecified atom stereocenters. The maximum atomic E-state index is 11.5. The normalized spacial score (nSPS) is 13.0. The zero-order valence-corrected chi connectivity index (χ0v) is 12.1. The first-order chi connectivity index (χ1) is 8.93. The molecule has 1 N–H and O–H groups in total. The predicted molar refractivity (Wildman–Crippen MR) is 76.1 cm³/mol. The van der Waals surface area contributed by atoms with Crippen molar-refractivity contribution in [1.82, 2.24) is 0 Å². The van der Waals surface area contributed by atoms with Crippen molar-refractivity contribution < 1.29 is 17.7 Å². The molecule has 0 aliphatic rings. The summed E-state index contributed by atoms with van der Waals surface area (Å²) in [5.41, 5.74) is 1.49. The minimum Gasteiger partial charge on any atom is -0.496 e. The van der Waals surface area contributed by atoms with Gasteiger partial charge in [0, 0.05) is 5.56 Å². The van der Waals surface area contributed by atoms with E-state index in [0.29, 0.717) is 30.6 Å². The van der Waals surface area contributed by atoms with Gasteiger partial charge < -0.3 is 4.74 Å². The molecule has 1 atom stereocenters. The third-order valence-corrected chi connectivity index (χ3v) is 4.14. The van der Waals surface area contributed by atoms with Gasteiger partial charge in [-0.2, -0.15) is 8.42 Å². The van der Waals surface area contributed by atoms with Crippen molar-refractivity contribution in [2.24, 2.45) is 0 Å². The summed E-state index contributed by atoms with van der Waals surface area (Å²) < 4.78 is 37.6. The lowest BCUT2D eigenvalue weighted by Crippen LogP contribution is -2.13. The number of allylic oxidation sites excluding steroid dienone is 1. The van der Waals surface area contributed by atoms with E-state index in [1.165, 1.54) is 7.11 Å². The number of methoxy groups -OCH3 is 1. The molecule has 0 aliphatic heterocycles. The van der Waals surface area contributed by atoms with Crippen LogP contribution in [-0.4, -0.2) is 20.1 Å². The quantitative estimate of drug-likeness (QED) is 0.617. The van der Waals surface area contributed by atoms with Gasteiger partial charge in [-0.15, -0.1) is 6.58 Å². The summed E-state index contributed by atoms with van der Waals surface area (Å²) >= 11 is 0. The van der Waals surface area contributed by atoms with Gasteiger partial charge in [-0.3, -0.25) is 4.55 Å². The SMILES string of the molecule is C=CCc1ccc(C(CCC)S(=O)(=O)O)c(OC)c1. The molecule has 0 saturated carbocycles. The molecule has 0 aromatic heterocycles. The summed E-state index contributed by atoms with van der Waals surface area (Å²) in [5, 5.41) is -0.940. The lowest BCUT2D eigenvalue weighted by Gasteiger charge is -2.17. The van der Waals surface area contributed by atoms with Gasteiger partial charge >= 0.3 is 0 Å². The Kier molecular flexibility index (Phi) is 5.57. The van der Waals surface area contributed by atoms with Crippen LogP contribution in [0.5, 0.6) is 5.75 Å². The second-order valence-electron chi connectivity index (χ2n) is 4.36. The smallest absolute Gasteiger partial charge is 0.272 e. The molecule has 0 bridgehead atoms. The number of rotatable bonds is 7. The van der Waals surface area contributed by atoms with Gasteiger partial charge in [-0.05, 0) is 24.5 Å². The molecule has 1 aromatic carbocycles. The lowest BCUT2D eigenvalue weighted by atomic mass is 10.0. The highest BCUT2D eigenvalue weighted by atomic mass is 32.2. The molecule has 0 radical (unpaired) electrons. The van der Waals surface area contributed by atoms with Crippen LogP contribution in [0.15, 0.2) is 30.9 Å². The van der Waals surface area contributed by atoms with Crippen molar-refractivity contribution in [3.8, 4) is 5.75 Å². The lowest BCUT2D eigenvalue weighted by molar-refractivity contribution is 0.403. The summed E-state index contributed by atoms with van der Waals surface area (Å²) in [6.07, 6.45) is 3.46. The van der Waals surface area contributed by atoms with Crippen LogP contribution in [0, 0.1) is 0 Å². The summed E-state index contributed by atoms with van der Waals surface area (Å²) in [5.74, 6) is 0.482. The molecule has 1 aromatic rings. The molecular formula is C14H20O4S. The number of benzene rings is 1. The van der Waals surface area contributed by atoms with Crippen LogP contribution >= 0.6 is 0 Å². The van der Waals surface area contributed by atoms with E-state index >= 15 is 0 Å². The van der Waals surface area contributed by atoms with E-state index in [9.17, 15) is 13.0 Å². The average molecular weight is 284 g/mol. The van der Waals surface area contributed by atoms with E-state index in [1.807, 2.05) is 13.0 Å². The highest BCUT2D eigenvalue weighted by Crippen LogP contribution is 2.34. The molecule has 4 nitrogen and oxygen atoms in total. The average Bonchev–Trinajstić information content (AvgIpc) is 2.35. The molecule has 0 heterocycles. The molecule has 5 heteroatoms. The molecular weight excluding hydrogens is 264 g/mol. The number of hydrogen-bond donors (Lipinski definition) is 1. The topological polar surface area (TPSA) is 63.6 Å². The van der Waals surface area contributed by atoms with Crippen molar-refractivity contribution in [2.75, 3.05) is 7.11 Å². The van der Waals surface area contributed by atoms with Crippen LogP contribution in [0.1, 0.15) is 36.1 Å². The van der Waals surface area contributed by atoms with Gasteiger partial charge in [0.1, 0.15) is 11.0 Å². The van der Waals surface area contributed by atoms with Crippen molar-refractivity contribution in [3.63, 3.8) is 0 Å². The summed E-state index contributed by atoms with van der Waals surface area (Å²) in [4.78, 5) is 0. The van der Waals surface area contributed by atoms with E-state index in [-0.39, 0.29) is 0 Å². The Morgan fingerprint density at radius 1 is 1.47 bits per heavy atom. The highest BCUT2D eigenvalue weighted by molar-refractivity contribution is 7.86. The Balaban J connectivity index is 3.26. The minimum atomic E-state index is -4.14. The van der Waals surface area contributed by atoms with Gasteiger partial charge in [0.25, 0.3) is 10.1 Å². The molecule has 19 heavy (non-hydrogen) atoms.